The maximum atomic E-state index is 5.06. The van der Waals surface area contributed by atoms with Gasteiger partial charge in [0.15, 0.2) is 5.71 Å². The molecular formula is C23H33N3+2. The van der Waals surface area contributed by atoms with Gasteiger partial charge in [0.05, 0.1) is 0 Å². The molecule has 0 spiro atoms. The zero-order chi connectivity index (χ0) is 19.5. The van der Waals surface area contributed by atoms with E-state index in [1.807, 2.05) is 0 Å². The number of benzene rings is 1. The third-order valence-electron chi connectivity index (χ3n) is 6.94. The molecule has 1 aromatic carbocycles. The van der Waals surface area contributed by atoms with Crippen LogP contribution in [-0.4, -0.2) is 40.0 Å². The number of rotatable bonds is 1. The Morgan fingerprint density at radius 1 is 0.769 bits per heavy atom. The number of hydrogen-bond donors (Lipinski definition) is 0. The van der Waals surface area contributed by atoms with E-state index >= 15 is 0 Å². The zero-order valence-electron chi connectivity index (χ0n) is 18.1. The van der Waals surface area contributed by atoms with E-state index in [4.69, 9.17) is 4.99 Å². The van der Waals surface area contributed by atoms with Gasteiger partial charge in [0.2, 0.25) is 11.4 Å². The van der Waals surface area contributed by atoms with Crippen LogP contribution in [0, 0.1) is 40.5 Å². The number of aliphatic imine (C=N–C) groups is 1. The summed E-state index contributed by atoms with van der Waals surface area (Å²) in [6.45, 7) is 21.1. The average Bonchev–Trinajstić information content (AvgIpc) is 2.91. The van der Waals surface area contributed by atoms with E-state index in [9.17, 15) is 0 Å². The van der Waals surface area contributed by atoms with E-state index in [1.165, 1.54) is 61.9 Å². The SMILES string of the molecule is CC1=C2N=C(/C(C)=[N+](/C)C/[N+](c3c(C)c(C)c(C)c(C)c3C)=C\2C)C1C. The van der Waals surface area contributed by atoms with Gasteiger partial charge in [0, 0.05) is 30.9 Å². The van der Waals surface area contributed by atoms with Crippen LogP contribution in [0.2, 0.25) is 0 Å². The molecule has 0 fully saturated rings. The van der Waals surface area contributed by atoms with Gasteiger partial charge in [-0.1, -0.05) is 6.92 Å². The van der Waals surface area contributed by atoms with Crippen molar-refractivity contribution in [2.45, 2.75) is 62.3 Å². The second kappa shape index (κ2) is 6.29. The van der Waals surface area contributed by atoms with E-state index in [0.29, 0.717) is 5.92 Å². The van der Waals surface area contributed by atoms with Crippen molar-refractivity contribution in [3.8, 4) is 0 Å². The largest absolute Gasteiger partial charge is 0.339 e. The molecule has 138 valence electrons. The molecule has 2 heterocycles. The molecule has 3 rings (SSSR count). The summed E-state index contributed by atoms with van der Waals surface area (Å²) in [5.41, 5.74) is 14.6. The van der Waals surface area contributed by atoms with Gasteiger partial charge in [-0.2, -0.15) is 4.58 Å². The first kappa shape index (κ1) is 18.8. The summed E-state index contributed by atoms with van der Waals surface area (Å²) in [5.74, 6) is 0.394. The molecule has 0 radical (unpaired) electrons. The average molecular weight is 352 g/mol. The van der Waals surface area contributed by atoms with E-state index < -0.39 is 0 Å². The number of allylic oxidation sites excluding steroid dienone is 2. The van der Waals surface area contributed by atoms with Crippen molar-refractivity contribution >= 4 is 22.8 Å². The summed E-state index contributed by atoms with van der Waals surface area (Å²) >= 11 is 0. The van der Waals surface area contributed by atoms with Crippen molar-refractivity contribution < 1.29 is 9.15 Å². The van der Waals surface area contributed by atoms with Crippen LogP contribution in [0.3, 0.4) is 0 Å². The highest BCUT2D eigenvalue weighted by atomic mass is 15.2. The minimum atomic E-state index is 0.394. The topological polar surface area (TPSA) is 18.4 Å². The van der Waals surface area contributed by atoms with Gasteiger partial charge < -0.3 is 0 Å². The van der Waals surface area contributed by atoms with Gasteiger partial charge in [-0.3, -0.25) is 0 Å². The number of nitrogens with zero attached hydrogens (tertiary/aromatic N) is 3. The van der Waals surface area contributed by atoms with E-state index in [-0.39, 0.29) is 0 Å². The lowest BCUT2D eigenvalue weighted by Gasteiger charge is -2.17. The zero-order valence-corrected chi connectivity index (χ0v) is 18.1. The first-order valence-electron chi connectivity index (χ1n) is 9.60. The highest BCUT2D eigenvalue weighted by Crippen LogP contribution is 2.35. The predicted octanol–water partition coefficient (Wildman–Crippen LogP) is 4.77. The van der Waals surface area contributed by atoms with Gasteiger partial charge in [-0.05, 0) is 63.8 Å². The smallest absolute Gasteiger partial charge is 0.240 e. The van der Waals surface area contributed by atoms with Crippen LogP contribution in [0.1, 0.15) is 55.5 Å². The first-order valence-corrected chi connectivity index (χ1v) is 9.60. The van der Waals surface area contributed by atoms with Crippen LogP contribution in [0.5, 0.6) is 0 Å². The van der Waals surface area contributed by atoms with Crippen LogP contribution in [-0.2, 0) is 0 Å². The fraction of sp³-hybridized carbons (Fsp3) is 0.522. The summed E-state index contributed by atoms with van der Waals surface area (Å²) in [6, 6.07) is 0. The lowest BCUT2D eigenvalue weighted by atomic mass is 9.92. The molecule has 26 heavy (non-hydrogen) atoms. The third kappa shape index (κ3) is 2.52. The Bertz CT molecular complexity index is 923. The third-order valence-corrected chi connectivity index (χ3v) is 6.94. The molecule has 3 nitrogen and oxygen atoms in total. The highest BCUT2D eigenvalue weighted by Gasteiger charge is 2.37. The monoisotopic (exact) mass is 351 g/mol. The maximum absolute atomic E-state index is 5.06. The summed E-state index contributed by atoms with van der Waals surface area (Å²) < 4.78 is 4.82. The predicted molar refractivity (Wildman–Crippen MR) is 112 cm³/mol. The van der Waals surface area contributed by atoms with Crippen LogP contribution in [0.25, 0.3) is 0 Å². The first-order chi connectivity index (χ1) is 12.1. The van der Waals surface area contributed by atoms with Crippen molar-refractivity contribution in [2.75, 3.05) is 13.7 Å². The fourth-order valence-corrected chi connectivity index (χ4v) is 4.35. The molecule has 0 saturated heterocycles. The van der Waals surface area contributed by atoms with Crippen molar-refractivity contribution in [2.24, 2.45) is 10.9 Å². The Morgan fingerprint density at radius 2 is 1.27 bits per heavy atom. The van der Waals surface area contributed by atoms with Crippen molar-refractivity contribution in [1.29, 1.82) is 0 Å². The Labute approximate surface area is 158 Å². The fourth-order valence-electron chi connectivity index (χ4n) is 4.35. The van der Waals surface area contributed by atoms with Crippen molar-refractivity contribution in [1.82, 2.24) is 0 Å². The summed E-state index contributed by atoms with van der Waals surface area (Å²) in [7, 11) is 2.18. The van der Waals surface area contributed by atoms with Crippen LogP contribution >= 0.6 is 0 Å². The number of hydrogen-bond acceptors (Lipinski definition) is 1. The Morgan fingerprint density at radius 3 is 1.81 bits per heavy atom. The Kier molecular flexibility index (Phi) is 4.54. The minimum absolute atomic E-state index is 0.394. The molecule has 0 amide bonds. The molecular weight excluding hydrogens is 318 g/mol. The minimum Gasteiger partial charge on any atom is -0.240 e. The molecule has 1 aromatic rings. The van der Waals surface area contributed by atoms with Crippen molar-refractivity contribution in [3.63, 3.8) is 0 Å². The van der Waals surface area contributed by atoms with E-state index in [0.717, 1.165) is 6.67 Å². The van der Waals surface area contributed by atoms with Gasteiger partial charge in [-0.25, -0.2) is 4.99 Å². The molecule has 0 aromatic heterocycles. The molecule has 2 aliphatic heterocycles. The summed E-state index contributed by atoms with van der Waals surface area (Å²) in [5, 5.41) is 0. The molecule has 1 unspecified atom stereocenters. The molecule has 2 aliphatic rings. The van der Waals surface area contributed by atoms with Gasteiger partial charge in [0.1, 0.15) is 18.5 Å². The van der Waals surface area contributed by atoms with Gasteiger partial charge in [-0.15, -0.1) is 4.58 Å². The normalized spacial score (nSPS) is 26.2. The van der Waals surface area contributed by atoms with Gasteiger partial charge in [0.25, 0.3) is 0 Å². The van der Waals surface area contributed by atoms with E-state index in [1.54, 1.807) is 0 Å². The molecule has 2 bridgehead atoms. The second-order valence-electron chi connectivity index (χ2n) is 8.16. The quantitative estimate of drug-likeness (QED) is 0.649. The van der Waals surface area contributed by atoms with Gasteiger partial charge >= 0.3 is 6.67 Å². The van der Waals surface area contributed by atoms with Crippen LogP contribution in [0.15, 0.2) is 16.3 Å². The number of fused-ring (bicyclic) bond motifs is 1. The standard InChI is InChI=1S/C23H33N3/c1-12-13(2)17(6)23(18(7)14(12)3)26-11-25(10)19(8)21-15(4)16(5)22(24-21)20(26)9/h15H,11H2,1-10H3/q+2/b25-19-,26-20+. The molecule has 0 saturated carbocycles. The highest BCUT2D eigenvalue weighted by molar-refractivity contribution is 6.42. The molecule has 3 heteroatoms. The lowest BCUT2D eigenvalue weighted by Crippen LogP contribution is -2.33. The molecule has 0 aliphatic carbocycles. The molecule has 0 N–H and O–H groups in total. The van der Waals surface area contributed by atoms with Crippen LogP contribution in [0.4, 0.5) is 5.69 Å². The van der Waals surface area contributed by atoms with Crippen molar-refractivity contribution in [3.05, 3.63) is 39.1 Å². The maximum Gasteiger partial charge on any atom is 0.339 e. The molecule has 1 atom stereocenters. The Hall–Kier alpha value is -2.03. The van der Waals surface area contributed by atoms with Crippen LogP contribution < -0.4 is 0 Å². The summed E-state index contributed by atoms with van der Waals surface area (Å²) in [4.78, 5) is 5.06. The lowest BCUT2D eigenvalue weighted by molar-refractivity contribution is -0.680. The van der Waals surface area contributed by atoms with E-state index in [2.05, 4.69) is 78.5 Å². The Balaban J connectivity index is 2.39. The summed E-state index contributed by atoms with van der Waals surface area (Å²) in [6.07, 6.45) is 0. The second-order valence-corrected chi connectivity index (χ2v) is 8.16.